The number of hydrogen-bond acceptors (Lipinski definition) is 6. The van der Waals surface area contributed by atoms with Gasteiger partial charge in [-0.05, 0) is 18.2 Å². The largest absolute Gasteiger partial charge is 0.492 e. The van der Waals surface area contributed by atoms with Crippen LogP contribution in [0.25, 0.3) is 11.3 Å². The van der Waals surface area contributed by atoms with Crippen molar-refractivity contribution in [1.82, 2.24) is 4.57 Å². The molecular formula is C24H19ClN2O6. The van der Waals surface area contributed by atoms with E-state index in [9.17, 15) is 20.0 Å². The molecule has 1 unspecified atom stereocenters. The van der Waals surface area contributed by atoms with Crippen LogP contribution in [0.4, 0.5) is 0 Å². The molecule has 4 rings (SSSR count). The average Bonchev–Trinajstić information content (AvgIpc) is 2.80. The van der Waals surface area contributed by atoms with Gasteiger partial charge < -0.3 is 23.9 Å². The second kappa shape index (κ2) is 9.36. The van der Waals surface area contributed by atoms with Gasteiger partial charge in [-0.15, -0.1) is 0 Å². The van der Waals surface area contributed by atoms with Gasteiger partial charge in [-0.2, -0.15) is 5.26 Å². The van der Waals surface area contributed by atoms with Crippen molar-refractivity contribution in [2.45, 2.75) is 12.6 Å². The number of pyridine rings is 1. The first-order valence-electron chi connectivity index (χ1n) is 10.0. The third kappa shape index (κ3) is 4.42. The summed E-state index contributed by atoms with van der Waals surface area (Å²) in [6.07, 6.45) is 1.09. The topological polar surface area (TPSA) is 111 Å². The monoisotopic (exact) mass is 466 g/mol. The van der Waals surface area contributed by atoms with E-state index < -0.39 is 23.2 Å². The maximum absolute atomic E-state index is 12.5. The molecule has 1 N–H and O–H groups in total. The number of methoxy groups -OCH3 is 1. The number of carboxylic acids is 1. The number of fused-ring (bicyclic) bond motifs is 3. The standard InChI is InChI=1S/C24H19ClN2O6/c1-31-6-3-7-32-21-11-22-17(9-15(21)12-26)19-10-20(28)18(24(29)30)13-27(19)23(33-22)14-4-2-5-16(25)8-14/h2,4-5,8-11,13,23H,3,6-7H2,1H3,(H,29,30). The number of benzene rings is 2. The normalized spacial score (nSPS) is 13.9. The minimum Gasteiger partial charge on any atom is -0.492 e. The summed E-state index contributed by atoms with van der Waals surface area (Å²) >= 11 is 6.17. The molecule has 1 aliphatic rings. The maximum atomic E-state index is 12.5. The van der Waals surface area contributed by atoms with Crippen LogP contribution in [0.3, 0.4) is 0 Å². The molecule has 9 heteroatoms. The lowest BCUT2D eigenvalue weighted by Gasteiger charge is -2.32. The van der Waals surface area contributed by atoms with Crippen molar-refractivity contribution in [2.75, 3.05) is 20.3 Å². The lowest BCUT2D eigenvalue weighted by Crippen LogP contribution is -2.27. The Balaban J connectivity index is 1.88. The summed E-state index contributed by atoms with van der Waals surface area (Å²) in [4.78, 5) is 24.1. The highest BCUT2D eigenvalue weighted by Gasteiger charge is 2.30. The fraction of sp³-hybridized carbons (Fsp3) is 0.208. The van der Waals surface area contributed by atoms with E-state index in [1.54, 1.807) is 48.1 Å². The van der Waals surface area contributed by atoms with E-state index in [-0.39, 0.29) is 5.56 Å². The van der Waals surface area contributed by atoms with Crippen molar-refractivity contribution in [3.05, 3.63) is 80.6 Å². The summed E-state index contributed by atoms with van der Waals surface area (Å²) in [6, 6.07) is 13.5. The van der Waals surface area contributed by atoms with Crippen molar-refractivity contribution in [3.8, 4) is 28.8 Å². The zero-order valence-corrected chi connectivity index (χ0v) is 18.3. The molecule has 0 aliphatic carbocycles. The summed E-state index contributed by atoms with van der Waals surface area (Å²) in [5.41, 5.74) is 0.765. The van der Waals surface area contributed by atoms with Crippen molar-refractivity contribution in [1.29, 1.82) is 5.26 Å². The Hall–Kier alpha value is -3.80. The van der Waals surface area contributed by atoms with Gasteiger partial charge in [0.05, 0.1) is 17.9 Å². The van der Waals surface area contributed by atoms with Crippen LogP contribution in [-0.4, -0.2) is 36.0 Å². The van der Waals surface area contributed by atoms with Crippen LogP contribution in [0.15, 0.2) is 53.5 Å². The van der Waals surface area contributed by atoms with E-state index in [1.165, 1.54) is 12.3 Å². The van der Waals surface area contributed by atoms with Crippen LogP contribution in [0.1, 0.15) is 34.1 Å². The van der Waals surface area contributed by atoms with Crippen molar-refractivity contribution in [2.24, 2.45) is 0 Å². The number of aromatic nitrogens is 1. The molecule has 8 nitrogen and oxygen atoms in total. The minimum absolute atomic E-state index is 0.261. The average molecular weight is 467 g/mol. The quantitative estimate of drug-likeness (QED) is 0.522. The summed E-state index contributed by atoms with van der Waals surface area (Å²) in [7, 11) is 1.60. The molecule has 0 bridgehead atoms. The molecule has 0 amide bonds. The smallest absolute Gasteiger partial charge is 0.341 e. The van der Waals surface area contributed by atoms with Crippen LogP contribution in [-0.2, 0) is 4.74 Å². The zero-order valence-electron chi connectivity index (χ0n) is 17.6. The Bertz CT molecular complexity index is 1330. The number of halogens is 1. The molecule has 0 spiro atoms. The molecule has 1 aromatic heterocycles. The van der Waals surface area contributed by atoms with Crippen molar-refractivity contribution >= 4 is 17.6 Å². The number of rotatable bonds is 7. The molecule has 0 saturated heterocycles. The molecule has 1 atom stereocenters. The van der Waals surface area contributed by atoms with Gasteiger partial charge in [0.1, 0.15) is 23.1 Å². The van der Waals surface area contributed by atoms with Crippen LogP contribution in [0, 0.1) is 11.3 Å². The van der Waals surface area contributed by atoms with Crippen molar-refractivity contribution < 1.29 is 24.1 Å². The van der Waals surface area contributed by atoms with Gasteiger partial charge >= 0.3 is 5.97 Å². The van der Waals surface area contributed by atoms with Gasteiger partial charge in [0.25, 0.3) is 0 Å². The Morgan fingerprint density at radius 1 is 1.27 bits per heavy atom. The van der Waals surface area contributed by atoms with E-state index in [1.807, 2.05) is 0 Å². The second-order valence-electron chi connectivity index (χ2n) is 7.33. The van der Waals surface area contributed by atoms with Gasteiger partial charge in [-0.3, -0.25) is 4.79 Å². The van der Waals surface area contributed by atoms with Crippen molar-refractivity contribution in [3.63, 3.8) is 0 Å². The second-order valence-corrected chi connectivity index (χ2v) is 7.76. The summed E-state index contributed by atoms with van der Waals surface area (Å²) < 4.78 is 18.6. The predicted octanol–water partition coefficient (Wildman–Crippen LogP) is 4.09. The fourth-order valence-corrected chi connectivity index (χ4v) is 3.84. The van der Waals surface area contributed by atoms with Crippen LogP contribution in [0.2, 0.25) is 5.02 Å². The first kappa shape index (κ1) is 22.4. The number of nitrogens with zero attached hydrogens (tertiary/aromatic N) is 2. The highest BCUT2D eigenvalue weighted by atomic mass is 35.5. The molecule has 2 aromatic carbocycles. The van der Waals surface area contributed by atoms with Gasteiger partial charge in [-0.1, -0.05) is 23.7 Å². The minimum atomic E-state index is -1.34. The molecule has 1 aliphatic heterocycles. The van der Waals surface area contributed by atoms with Gasteiger partial charge in [-0.25, -0.2) is 4.79 Å². The lowest BCUT2D eigenvalue weighted by atomic mass is 10.0. The number of hydrogen-bond donors (Lipinski definition) is 1. The Morgan fingerprint density at radius 2 is 2.09 bits per heavy atom. The van der Waals surface area contributed by atoms with E-state index in [2.05, 4.69) is 6.07 Å². The summed E-state index contributed by atoms with van der Waals surface area (Å²) in [6.45, 7) is 0.861. The third-order valence-corrected chi connectivity index (χ3v) is 5.40. The molecule has 168 valence electrons. The molecule has 3 aromatic rings. The third-order valence-electron chi connectivity index (χ3n) is 5.16. The number of nitriles is 1. The highest BCUT2D eigenvalue weighted by Crippen LogP contribution is 2.43. The lowest BCUT2D eigenvalue weighted by molar-refractivity contribution is 0.0693. The van der Waals surface area contributed by atoms with E-state index >= 15 is 0 Å². The molecule has 0 radical (unpaired) electrons. The molecule has 2 heterocycles. The number of aromatic carboxylic acids is 1. The zero-order chi connectivity index (χ0) is 23.5. The highest BCUT2D eigenvalue weighted by molar-refractivity contribution is 6.30. The predicted molar refractivity (Wildman–Crippen MR) is 120 cm³/mol. The Morgan fingerprint density at radius 3 is 2.79 bits per heavy atom. The number of carbonyl (C=O) groups is 1. The first-order valence-corrected chi connectivity index (χ1v) is 10.4. The maximum Gasteiger partial charge on any atom is 0.341 e. The van der Waals surface area contributed by atoms with E-state index in [0.29, 0.717) is 53.0 Å². The van der Waals surface area contributed by atoms with E-state index in [0.717, 1.165) is 0 Å². The summed E-state index contributed by atoms with van der Waals surface area (Å²) in [5, 5.41) is 19.6. The molecular weight excluding hydrogens is 448 g/mol. The Kier molecular flexibility index (Phi) is 6.36. The van der Waals surface area contributed by atoms with E-state index in [4.69, 9.17) is 25.8 Å². The Labute approximate surface area is 194 Å². The fourth-order valence-electron chi connectivity index (χ4n) is 3.64. The molecule has 0 fully saturated rings. The van der Waals surface area contributed by atoms with Gasteiger partial charge in [0.15, 0.2) is 5.43 Å². The number of ether oxygens (including phenoxy) is 3. The van der Waals surface area contributed by atoms with Gasteiger partial charge in [0.2, 0.25) is 6.23 Å². The number of carboxylic acid groups (broad SMARTS) is 1. The van der Waals surface area contributed by atoms with Gasteiger partial charge in [0, 0.05) is 54.6 Å². The SMILES string of the molecule is COCCCOc1cc2c(cc1C#N)-c1cc(=O)c(C(=O)O)cn1C(c1cccc(Cl)c1)O2. The van der Waals surface area contributed by atoms with Crippen LogP contribution >= 0.6 is 11.6 Å². The molecule has 0 saturated carbocycles. The first-order chi connectivity index (χ1) is 15.9. The molecule has 33 heavy (non-hydrogen) atoms. The van der Waals surface area contributed by atoms with Crippen LogP contribution in [0.5, 0.6) is 11.5 Å². The summed E-state index contributed by atoms with van der Waals surface area (Å²) in [5.74, 6) is -0.609. The van der Waals surface area contributed by atoms with Crippen LogP contribution < -0.4 is 14.9 Å².